The minimum absolute atomic E-state index is 0.265. The molecule has 0 fully saturated rings. The lowest BCUT2D eigenvalue weighted by molar-refractivity contribution is -0.152. The average Bonchev–Trinajstić information content (AvgIpc) is 3.00. The Kier molecular flexibility index (Phi) is 6.53. The number of aryl methyl sites for hydroxylation is 2. The predicted octanol–water partition coefficient (Wildman–Crippen LogP) is 3.50. The monoisotopic (exact) mass is 422 g/mol. The van der Waals surface area contributed by atoms with E-state index in [1.165, 1.54) is 0 Å². The lowest BCUT2D eigenvalue weighted by Gasteiger charge is -2.28. The van der Waals surface area contributed by atoms with Crippen molar-refractivity contribution in [3.8, 4) is 0 Å². The van der Waals surface area contributed by atoms with Crippen molar-refractivity contribution in [2.45, 2.75) is 40.2 Å². The molecule has 1 aliphatic heterocycles. The van der Waals surface area contributed by atoms with Crippen LogP contribution in [-0.2, 0) is 14.3 Å². The van der Waals surface area contributed by atoms with Crippen molar-refractivity contribution in [1.29, 1.82) is 0 Å². The molecule has 0 saturated heterocycles. The number of carbonyl (C=O) groups is 4. The number of anilines is 1. The first-order valence-electron chi connectivity index (χ1n) is 10.3. The molecule has 0 aromatic heterocycles. The van der Waals surface area contributed by atoms with Gasteiger partial charge in [0.25, 0.3) is 17.7 Å². The molecule has 1 heterocycles. The minimum atomic E-state index is -1.11. The second-order valence-corrected chi connectivity index (χ2v) is 7.78. The normalized spacial score (nSPS) is 14.8. The number of fused-ring (bicyclic) bond motifs is 1. The molecule has 162 valence electrons. The summed E-state index contributed by atoms with van der Waals surface area (Å²) in [6.45, 7) is 6.86. The van der Waals surface area contributed by atoms with Crippen LogP contribution in [0.25, 0.3) is 0 Å². The van der Waals surface area contributed by atoms with Gasteiger partial charge in [-0.1, -0.05) is 50.6 Å². The largest absolute Gasteiger partial charge is 0.454 e. The molecular formula is C24H26N2O5. The Morgan fingerprint density at radius 2 is 1.52 bits per heavy atom. The number of hydrogen-bond acceptors (Lipinski definition) is 5. The molecular weight excluding hydrogens is 396 g/mol. The van der Waals surface area contributed by atoms with Gasteiger partial charge < -0.3 is 10.1 Å². The highest BCUT2D eigenvalue weighted by atomic mass is 16.5. The average molecular weight is 422 g/mol. The Bertz CT molecular complexity index is 991. The summed E-state index contributed by atoms with van der Waals surface area (Å²) >= 11 is 0. The number of hydrogen-bond donors (Lipinski definition) is 1. The summed E-state index contributed by atoms with van der Waals surface area (Å²) in [5.74, 6) is -2.65. The first-order valence-corrected chi connectivity index (χ1v) is 10.3. The van der Waals surface area contributed by atoms with Gasteiger partial charge in [-0.05, 0) is 43.0 Å². The van der Waals surface area contributed by atoms with Gasteiger partial charge in [0, 0.05) is 5.69 Å². The van der Waals surface area contributed by atoms with E-state index in [9.17, 15) is 19.2 Å². The third kappa shape index (κ3) is 4.35. The summed E-state index contributed by atoms with van der Waals surface area (Å²) < 4.78 is 5.25. The van der Waals surface area contributed by atoms with Crippen LogP contribution in [0.2, 0.25) is 0 Å². The van der Waals surface area contributed by atoms with Crippen LogP contribution in [0.5, 0.6) is 0 Å². The van der Waals surface area contributed by atoms with Crippen molar-refractivity contribution in [2.75, 3.05) is 11.9 Å². The number of rotatable bonds is 7. The maximum atomic E-state index is 12.9. The molecule has 3 amide bonds. The van der Waals surface area contributed by atoms with Crippen LogP contribution in [0.1, 0.15) is 52.1 Å². The quantitative estimate of drug-likeness (QED) is 0.545. The number of nitrogens with zero attached hydrogens (tertiary/aromatic N) is 1. The van der Waals surface area contributed by atoms with E-state index in [0.29, 0.717) is 12.1 Å². The van der Waals surface area contributed by atoms with Gasteiger partial charge in [0.1, 0.15) is 6.04 Å². The van der Waals surface area contributed by atoms with Crippen molar-refractivity contribution in [3.05, 3.63) is 64.7 Å². The molecule has 2 aromatic rings. The maximum absolute atomic E-state index is 12.9. The summed E-state index contributed by atoms with van der Waals surface area (Å²) in [6.07, 6.45) is 0.543. The third-order valence-corrected chi connectivity index (χ3v) is 5.62. The van der Waals surface area contributed by atoms with E-state index in [1.807, 2.05) is 39.0 Å². The molecule has 0 spiro atoms. The van der Waals surface area contributed by atoms with E-state index in [0.717, 1.165) is 16.0 Å². The smallest absolute Gasteiger partial charge is 0.330 e. The van der Waals surface area contributed by atoms with Crippen molar-refractivity contribution >= 4 is 29.4 Å². The van der Waals surface area contributed by atoms with E-state index >= 15 is 0 Å². The lowest BCUT2D eigenvalue weighted by Crippen LogP contribution is -2.49. The zero-order valence-electron chi connectivity index (χ0n) is 18.1. The molecule has 7 heteroatoms. The van der Waals surface area contributed by atoms with E-state index in [-0.39, 0.29) is 17.0 Å². The van der Waals surface area contributed by atoms with Crippen LogP contribution in [0, 0.1) is 19.8 Å². The summed E-state index contributed by atoms with van der Waals surface area (Å²) in [7, 11) is 0. The van der Waals surface area contributed by atoms with Gasteiger partial charge in [0.05, 0.1) is 11.1 Å². The molecule has 1 aliphatic rings. The molecule has 0 radical (unpaired) electrons. The molecule has 31 heavy (non-hydrogen) atoms. The predicted molar refractivity (Wildman–Crippen MR) is 116 cm³/mol. The highest BCUT2D eigenvalue weighted by Gasteiger charge is 2.45. The minimum Gasteiger partial charge on any atom is -0.454 e. The van der Waals surface area contributed by atoms with Gasteiger partial charge in [-0.2, -0.15) is 0 Å². The fourth-order valence-electron chi connectivity index (χ4n) is 3.69. The zero-order chi connectivity index (χ0) is 22.7. The molecule has 2 atom stereocenters. The van der Waals surface area contributed by atoms with Gasteiger partial charge >= 0.3 is 5.97 Å². The van der Waals surface area contributed by atoms with E-state index in [4.69, 9.17) is 4.74 Å². The van der Waals surface area contributed by atoms with Crippen molar-refractivity contribution in [1.82, 2.24) is 4.90 Å². The van der Waals surface area contributed by atoms with Crippen molar-refractivity contribution in [2.24, 2.45) is 5.92 Å². The summed E-state index contributed by atoms with van der Waals surface area (Å²) in [5.41, 5.74) is 2.98. The standard InChI is InChI=1S/C24H26N2O5/c1-5-14(2)21(26-22(28)17-11-6-7-12-18(17)23(26)29)24(30)31-13-19(27)25-20-15(3)9-8-10-16(20)4/h6-12,14,21H,5,13H2,1-4H3,(H,25,27). The first kappa shape index (κ1) is 22.2. The molecule has 2 aromatic carbocycles. The van der Waals surface area contributed by atoms with Gasteiger partial charge in [0.2, 0.25) is 0 Å². The maximum Gasteiger partial charge on any atom is 0.330 e. The molecule has 0 saturated carbocycles. The second-order valence-electron chi connectivity index (χ2n) is 7.78. The summed E-state index contributed by atoms with van der Waals surface area (Å²) in [5, 5.41) is 2.75. The topological polar surface area (TPSA) is 92.8 Å². The van der Waals surface area contributed by atoms with E-state index in [1.54, 1.807) is 31.2 Å². The van der Waals surface area contributed by atoms with Crippen molar-refractivity contribution in [3.63, 3.8) is 0 Å². The van der Waals surface area contributed by atoms with Gasteiger partial charge in [-0.25, -0.2) is 4.79 Å². The van der Waals surface area contributed by atoms with Crippen LogP contribution >= 0.6 is 0 Å². The molecule has 7 nitrogen and oxygen atoms in total. The fraction of sp³-hybridized carbons (Fsp3) is 0.333. The van der Waals surface area contributed by atoms with Crippen molar-refractivity contribution < 1.29 is 23.9 Å². The summed E-state index contributed by atoms with van der Waals surface area (Å²) in [6, 6.07) is 11.0. The number of esters is 1. The van der Waals surface area contributed by atoms with Crippen LogP contribution in [0.3, 0.4) is 0 Å². The molecule has 0 bridgehead atoms. The number of para-hydroxylation sites is 1. The fourth-order valence-corrected chi connectivity index (χ4v) is 3.69. The number of ether oxygens (including phenoxy) is 1. The molecule has 0 aliphatic carbocycles. The number of carbonyl (C=O) groups excluding carboxylic acids is 4. The molecule has 1 N–H and O–H groups in total. The molecule has 2 unspecified atom stereocenters. The van der Waals surface area contributed by atoms with Gasteiger partial charge in [-0.15, -0.1) is 0 Å². The Morgan fingerprint density at radius 1 is 0.968 bits per heavy atom. The van der Waals surface area contributed by atoms with Gasteiger partial charge in [0.15, 0.2) is 6.61 Å². The van der Waals surface area contributed by atoms with Crippen LogP contribution in [-0.4, -0.2) is 41.2 Å². The Hall–Kier alpha value is -3.48. The Balaban J connectivity index is 1.74. The van der Waals surface area contributed by atoms with Crippen LogP contribution < -0.4 is 5.32 Å². The number of benzene rings is 2. The second kappa shape index (κ2) is 9.12. The lowest BCUT2D eigenvalue weighted by atomic mass is 9.97. The zero-order valence-corrected chi connectivity index (χ0v) is 18.1. The molecule has 3 rings (SSSR count). The highest BCUT2D eigenvalue weighted by Crippen LogP contribution is 2.28. The van der Waals surface area contributed by atoms with E-state index in [2.05, 4.69) is 5.32 Å². The number of amides is 3. The van der Waals surface area contributed by atoms with Crippen LogP contribution in [0.15, 0.2) is 42.5 Å². The van der Waals surface area contributed by atoms with Gasteiger partial charge in [-0.3, -0.25) is 19.3 Å². The number of nitrogens with one attached hydrogen (secondary N) is 1. The number of imide groups is 1. The highest BCUT2D eigenvalue weighted by molar-refractivity contribution is 6.22. The first-order chi connectivity index (χ1) is 14.8. The SMILES string of the molecule is CCC(C)C(C(=O)OCC(=O)Nc1c(C)cccc1C)N1C(=O)c2ccccc2C1=O. The third-order valence-electron chi connectivity index (χ3n) is 5.62. The Labute approximate surface area is 181 Å². The summed E-state index contributed by atoms with van der Waals surface area (Å²) in [4.78, 5) is 51.9. The van der Waals surface area contributed by atoms with E-state index < -0.39 is 36.3 Å². The Morgan fingerprint density at radius 3 is 2.03 bits per heavy atom. The van der Waals surface area contributed by atoms with Crippen LogP contribution in [0.4, 0.5) is 5.69 Å².